The molecular weight excluding hydrogens is 156 g/mol. The Bertz CT molecular complexity index is 182. The van der Waals surface area contributed by atoms with Crippen LogP contribution in [0.15, 0.2) is 12.2 Å². The van der Waals surface area contributed by atoms with E-state index in [4.69, 9.17) is 9.47 Å². The Labute approximate surface area is 72.4 Å². The van der Waals surface area contributed by atoms with Gasteiger partial charge < -0.3 is 9.47 Å². The van der Waals surface area contributed by atoms with Gasteiger partial charge in [0.2, 0.25) is 0 Å². The van der Waals surface area contributed by atoms with Crippen LogP contribution in [0.2, 0.25) is 0 Å². The molecule has 0 aromatic heterocycles. The molecule has 1 fully saturated rings. The van der Waals surface area contributed by atoms with Gasteiger partial charge in [0.15, 0.2) is 0 Å². The molecule has 1 aliphatic heterocycles. The Morgan fingerprint density at radius 2 is 2.42 bits per heavy atom. The third kappa shape index (κ3) is 2.34. The molecule has 0 bridgehead atoms. The zero-order valence-corrected chi connectivity index (χ0v) is 7.34. The van der Waals surface area contributed by atoms with E-state index in [-0.39, 0.29) is 12.1 Å². The number of esters is 1. The molecule has 0 saturated carbocycles. The number of hydrogen-bond donors (Lipinski definition) is 0. The molecule has 1 saturated heterocycles. The lowest BCUT2D eigenvalue weighted by molar-refractivity contribution is -0.139. The predicted molar refractivity (Wildman–Crippen MR) is 44.7 cm³/mol. The van der Waals surface area contributed by atoms with E-state index in [1.807, 2.05) is 0 Å². The molecular formula is C9H14O3. The van der Waals surface area contributed by atoms with Crippen molar-refractivity contribution < 1.29 is 14.3 Å². The minimum Gasteiger partial charge on any atom is -0.463 e. The first-order valence-corrected chi connectivity index (χ1v) is 4.20. The van der Waals surface area contributed by atoms with E-state index < -0.39 is 0 Å². The largest absolute Gasteiger partial charge is 0.463 e. The minimum absolute atomic E-state index is 0.196. The van der Waals surface area contributed by atoms with Gasteiger partial charge in [0.1, 0.15) is 0 Å². The van der Waals surface area contributed by atoms with Crippen molar-refractivity contribution in [2.45, 2.75) is 25.9 Å². The highest BCUT2D eigenvalue weighted by atomic mass is 16.5. The molecule has 3 heteroatoms. The van der Waals surface area contributed by atoms with Gasteiger partial charge in [0.05, 0.1) is 12.7 Å². The van der Waals surface area contributed by atoms with Crippen molar-refractivity contribution in [3.63, 3.8) is 0 Å². The second-order valence-electron chi connectivity index (χ2n) is 2.81. The minimum atomic E-state index is -0.298. The summed E-state index contributed by atoms with van der Waals surface area (Å²) in [6.45, 7) is 6.64. The van der Waals surface area contributed by atoms with Crippen LogP contribution in [0.3, 0.4) is 0 Å². The molecule has 0 aliphatic carbocycles. The van der Waals surface area contributed by atoms with E-state index in [1.54, 1.807) is 6.92 Å². The van der Waals surface area contributed by atoms with Gasteiger partial charge in [-0.05, 0) is 13.3 Å². The molecule has 1 atom stereocenters. The summed E-state index contributed by atoms with van der Waals surface area (Å²) < 4.78 is 9.94. The van der Waals surface area contributed by atoms with Crippen LogP contribution >= 0.6 is 0 Å². The standard InChI is InChI=1S/C9H14O3/c1-3-11-9(10)7(2)6-8-4-5-12-8/h8H,2-6H2,1H3. The fraction of sp³-hybridized carbons (Fsp3) is 0.667. The molecule has 0 radical (unpaired) electrons. The molecule has 0 spiro atoms. The molecule has 12 heavy (non-hydrogen) atoms. The summed E-state index contributed by atoms with van der Waals surface area (Å²) in [4.78, 5) is 11.0. The zero-order chi connectivity index (χ0) is 8.97. The average Bonchev–Trinajstić information content (AvgIpc) is 1.97. The van der Waals surface area contributed by atoms with Crippen LogP contribution in [-0.4, -0.2) is 25.3 Å². The van der Waals surface area contributed by atoms with E-state index in [2.05, 4.69) is 6.58 Å². The molecule has 3 nitrogen and oxygen atoms in total. The first-order chi connectivity index (χ1) is 5.74. The normalized spacial score (nSPS) is 21.2. The van der Waals surface area contributed by atoms with Crippen molar-refractivity contribution in [3.8, 4) is 0 Å². The number of hydrogen-bond acceptors (Lipinski definition) is 3. The van der Waals surface area contributed by atoms with E-state index in [1.165, 1.54) is 0 Å². The molecule has 1 unspecified atom stereocenters. The Kier molecular flexibility index (Phi) is 3.29. The van der Waals surface area contributed by atoms with Gasteiger partial charge in [-0.2, -0.15) is 0 Å². The number of ether oxygens (including phenoxy) is 2. The second-order valence-corrected chi connectivity index (χ2v) is 2.81. The van der Waals surface area contributed by atoms with Gasteiger partial charge in [-0.25, -0.2) is 4.79 Å². The molecule has 0 amide bonds. The first-order valence-electron chi connectivity index (χ1n) is 4.20. The first kappa shape index (κ1) is 9.26. The Balaban J connectivity index is 2.21. The highest BCUT2D eigenvalue weighted by Crippen LogP contribution is 2.19. The van der Waals surface area contributed by atoms with Gasteiger partial charge >= 0.3 is 5.97 Å². The number of carbonyl (C=O) groups is 1. The van der Waals surface area contributed by atoms with E-state index in [0.717, 1.165) is 13.0 Å². The lowest BCUT2D eigenvalue weighted by Gasteiger charge is -2.26. The van der Waals surface area contributed by atoms with Gasteiger partial charge in [-0.3, -0.25) is 0 Å². The summed E-state index contributed by atoms with van der Waals surface area (Å²) in [5.74, 6) is -0.298. The molecule has 0 aromatic rings. The Hall–Kier alpha value is -0.830. The van der Waals surface area contributed by atoms with E-state index in [9.17, 15) is 4.79 Å². The topological polar surface area (TPSA) is 35.5 Å². The summed E-state index contributed by atoms with van der Waals surface area (Å²) >= 11 is 0. The van der Waals surface area contributed by atoms with Crippen molar-refractivity contribution >= 4 is 5.97 Å². The van der Waals surface area contributed by atoms with Gasteiger partial charge in [0, 0.05) is 18.6 Å². The van der Waals surface area contributed by atoms with Gasteiger partial charge in [-0.1, -0.05) is 6.58 Å². The SMILES string of the molecule is C=C(CC1CCO1)C(=O)OCC. The summed E-state index contributed by atoms with van der Waals surface area (Å²) in [7, 11) is 0. The lowest BCUT2D eigenvalue weighted by Crippen LogP contribution is -2.28. The quantitative estimate of drug-likeness (QED) is 0.471. The molecule has 0 N–H and O–H groups in total. The van der Waals surface area contributed by atoms with E-state index in [0.29, 0.717) is 18.6 Å². The Morgan fingerprint density at radius 1 is 1.75 bits per heavy atom. The number of rotatable bonds is 4. The summed E-state index contributed by atoms with van der Waals surface area (Å²) in [6, 6.07) is 0. The molecule has 0 aromatic carbocycles. The molecule has 1 heterocycles. The van der Waals surface area contributed by atoms with Gasteiger partial charge in [-0.15, -0.1) is 0 Å². The third-order valence-corrected chi connectivity index (χ3v) is 1.83. The maximum Gasteiger partial charge on any atom is 0.333 e. The monoisotopic (exact) mass is 170 g/mol. The predicted octanol–water partition coefficient (Wildman–Crippen LogP) is 1.28. The zero-order valence-electron chi connectivity index (χ0n) is 7.34. The summed E-state index contributed by atoms with van der Waals surface area (Å²) in [6.07, 6.45) is 1.83. The maximum atomic E-state index is 11.0. The van der Waals surface area contributed by atoms with Crippen LogP contribution in [0, 0.1) is 0 Å². The summed E-state index contributed by atoms with van der Waals surface area (Å²) in [5.41, 5.74) is 0.515. The Morgan fingerprint density at radius 3 is 2.83 bits per heavy atom. The number of carbonyl (C=O) groups excluding carboxylic acids is 1. The van der Waals surface area contributed by atoms with Crippen LogP contribution in [0.4, 0.5) is 0 Å². The van der Waals surface area contributed by atoms with Crippen molar-refractivity contribution in [2.75, 3.05) is 13.2 Å². The van der Waals surface area contributed by atoms with Crippen LogP contribution in [0.1, 0.15) is 19.8 Å². The fourth-order valence-corrected chi connectivity index (χ4v) is 1.04. The van der Waals surface area contributed by atoms with Crippen molar-refractivity contribution in [2.24, 2.45) is 0 Å². The van der Waals surface area contributed by atoms with Crippen LogP contribution in [0.5, 0.6) is 0 Å². The smallest absolute Gasteiger partial charge is 0.333 e. The second kappa shape index (κ2) is 4.26. The van der Waals surface area contributed by atoms with E-state index >= 15 is 0 Å². The molecule has 1 aliphatic rings. The van der Waals surface area contributed by atoms with Crippen molar-refractivity contribution in [3.05, 3.63) is 12.2 Å². The third-order valence-electron chi connectivity index (χ3n) is 1.83. The summed E-state index contributed by atoms with van der Waals surface area (Å²) in [5, 5.41) is 0. The lowest BCUT2D eigenvalue weighted by atomic mass is 10.0. The van der Waals surface area contributed by atoms with Gasteiger partial charge in [0.25, 0.3) is 0 Å². The highest BCUT2D eigenvalue weighted by molar-refractivity contribution is 5.87. The van der Waals surface area contributed by atoms with Crippen molar-refractivity contribution in [1.82, 2.24) is 0 Å². The molecule has 68 valence electrons. The maximum absolute atomic E-state index is 11.0. The highest BCUT2D eigenvalue weighted by Gasteiger charge is 2.21. The van der Waals surface area contributed by atoms with Crippen LogP contribution in [0.25, 0.3) is 0 Å². The van der Waals surface area contributed by atoms with Crippen LogP contribution in [-0.2, 0) is 14.3 Å². The fourth-order valence-electron chi connectivity index (χ4n) is 1.04. The van der Waals surface area contributed by atoms with Crippen LogP contribution < -0.4 is 0 Å². The molecule has 1 rings (SSSR count). The van der Waals surface area contributed by atoms with Crippen molar-refractivity contribution in [1.29, 1.82) is 0 Å². The average molecular weight is 170 g/mol.